The fourth-order valence-electron chi connectivity index (χ4n) is 1.35. The smallest absolute Gasteiger partial charge is 0.326 e. The second kappa shape index (κ2) is 9.28. The molecule has 0 unspecified atom stereocenters. The van der Waals surface area contributed by atoms with Gasteiger partial charge in [0.25, 0.3) is 0 Å². The molecule has 0 heterocycles. The number of hydrogen-bond donors (Lipinski definition) is 6. The molecule has 11 heteroatoms. The van der Waals surface area contributed by atoms with E-state index in [1.54, 1.807) is 0 Å². The molecule has 0 aromatic heterocycles. The third kappa shape index (κ3) is 8.47. The molecule has 0 saturated heterocycles. The Morgan fingerprint density at radius 2 is 1.68 bits per heavy atom. The van der Waals surface area contributed by atoms with Crippen LogP contribution in [-0.2, 0) is 24.0 Å². The Morgan fingerprint density at radius 3 is 2.14 bits per heavy atom. The molecule has 3 amide bonds. The van der Waals surface area contributed by atoms with E-state index < -0.39 is 54.7 Å². The van der Waals surface area contributed by atoms with Gasteiger partial charge in [-0.1, -0.05) is 0 Å². The maximum Gasteiger partial charge on any atom is 0.326 e. The Morgan fingerprint density at radius 1 is 1.09 bits per heavy atom. The van der Waals surface area contributed by atoms with Crippen molar-refractivity contribution >= 4 is 29.7 Å². The number of carboxylic acids is 2. The molecule has 0 saturated carbocycles. The second-order valence-electron chi connectivity index (χ2n) is 4.39. The van der Waals surface area contributed by atoms with Crippen molar-refractivity contribution in [3.8, 4) is 0 Å². The van der Waals surface area contributed by atoms with Gasteiger partial charge >= 0.3 is 11.9 Å². The minimum atomic E-state index is -1.61. The molecule has 0 spiro atoms. The van der Waals surface area contributed by atoms with Crippen molar-refractivity contribution in [1.82, 2.24) is 10.6 Å². The number of amides is 3. The highest BCUT2D eigenvalue weighted by atomic mass is 16.4. The van der Waals surface area contributed by atoms with E-state index in [0.29, 0.717) is 0 Å². The van der Waals surface area contributed by atoms with Gasteiger partial charge in [0.05, 0.1) is 19.0 Å². The van der Waals surface area contributed by atoms with E-state index in [2.05, 4.69) is 5.32 Å². The zero-order valence-electron chi connectivity index (χ0n) is 11.6. The van der Waals surface area contributed by atoms with Crippen LogP contribution in [0.25, 0.3) is 0 Å². The average Bonchev–Trinajstić information content (AvgIpc) is 2.40. The van der Waals surface area contributed by atoms with E-state index in [4.69, 9.17) is 21.7 Å². The van der Waals surface area contributed by atoms with E-state index in [9.17, 15) is 24.0 Å². The van der Waals surface area contributed by atoms with Gasteiger partial charge < -0.3 is 32.3 Å². The maximum absolute atomic E-state index is 11.5. The highest BCUT2D eigenvalue weighted by molar-refractivity contribution is 5.90. The van der Waals surface area contributed by atoms with Gasteiger partial charge in [-0.2, -0.15) is 0 Å². The van der Waals surface area contributed by atoms with Crippen LogP contribution in [0.1, 0.15) is 19.3 Å². The molecule has 22 heavy (non-hydrogen) atoms. The van der Waals surface area contributed by atoms with Crippen LogP contribution in [0.5, 0.6) is 0 Å². The van der Waals surface area contributed by atoms with Gasteiger partial charge in [-0.25, -0.2) is 4.79 Å². The summed E-state index contributed by atoms with van der Waals surface area (Å²) in [4.78, 5) is 54.6. The third-order valence-corrected chi connectivity index (χ3v) is 2.47. The van der Waals surface area contributed by atoms with Crippen LogP contribution in [0, 0.1) is 0 Å². The van der Waals surface area contributed by atoms with Crippen molar-refractivity contribution in [2.24, 2.45) is 11.5 Å². The molecule has 0 fully saturated rings. The van der Waals surface area contributed by atoms with Crippen LogP contribution >= 0.6 is 0 Å². The minimum absolute atomic E-state index is 0.000446. The highest BCUT2D eigenvalue weighted by Crippen LogP contribution is 1.94. The molecule has 0 aromatic carbocycles. The molecule has 0 bridgehead atoms. The fraction of sp³-hybridized carbons (Fsp3) is 0.545. The zero-order chi connectivity index (χ0) is 17.3. The first-order valence-electron chi connectivity index (χ1n) is 6.19. The molecular formula is C11H18N4O7. The molecule has 0 rings (SSSR count). The number of carbonyl (C=O) groups excluding carboxylic acids is 3. The largest absolute Gasteiger partial charge is 0.481 e. The molecule has 8 N–H and O–H groups in total. The average molecular weight is 318 g/mol. The Hall–Kier alpha value is -2.69. The first-order chi connectivity index (χ1) is 10.1. The van der Waals surface area contributed by atoms with Crippen LogP contribution in [0.2, 0.25) is 0 Å². The lowest BCUT2D eigenvalue weighted by Gasteiger charge is -2.14. The number of nitrogens with one attached hydrogen (secondary N) is 2. The van der Waals surface area contributed by atoms with Gasteiger partial charge in [0.15, 0.2) is 0 Å². The zero-order valence-corrected chi connectivity index (χ0v) is 11.6. The minimum Gasteiger partial charge on any atom is -0.481 e. The summed E-state index contributed by atoms with van der Waals surface area (Å²) >= 11 is 0. The normalized spacial score (nSPS) is 12.8. The summed E-state index contributed by atoms with van der Waals surface area (Å²) in [5, 5.41) is 21.3. The van der Waals surface area contributed by atoms with Gasteiger partial charge in [0, 0.05) is 6.42 Å². The van der Waals surface area contributed by atoms with Crippen molar-refractivity contribution < 1.29 is 34.2 Å². The quantitative estimate of drug-likeness (QED) is 0.241. The number of aliphatic carboxylic acids is 2. The molecule has 0 aliphatic heterocycles. The SMILES string of the molecule is NC(=O)CC[C@H](N)C(=O)NCC(=O)N[C@@H](CC(=O)O)C(=O)O. The van der Waals surface area contributed by atoms with Crippen molar-refractivity contribution in [1.29, 1.82) is 0 Å². The second-order valence-corrected chi connectivity index (χ2v) is 4.39. The topological polar surface area (TPSA) is 202 Å². The van der Waals surface area contributed by atoms with Crippen molar-refractivity contribution in [2.45, 2.75) is 31.3 Å². The molecule has 0 aliphatic rings. The summed E-state index contributed by atoms with van der Waals surface area (Å²) < 4.78 is 0. The van der Waals surface area contributed by atoms with Crippen LogP contribution < -0.4 is 22.1 Å². The predicted octanol–water partition coefficient (Wildman–Crippen LogP) is -3.26. The molecule has 2 atom stereocenters. The van der Waals surface area contributed by atoms with E-state index >= 15 is 0 Å². The van der Waals surface area contributed by atoms with Crippen LogP contribution in [-0.4, -0.2) is 58.5 Å². The van der Waals surface area contributed by atoms with Gasteiger partial charge in [-0.15, -0.1) is 0 Å². The first-order valence-corrected chi connectivity index (χ1v) is 6.19. The van der Waals surface area contributed by atoms with Gasteiger partial charge in [0.1, 0.15) is 6.04 Å². The van der Waals surface area contributed by atoms with Crippen molar-refractivity contribution in [3.05, 3.63) is 0 Å². The summed E-state index contributed by atoms with van der Waals surface area (Å²) in [7, 11) is 0. The predicted molar refractivity (Wildman–Crippen MR) is 71.2 cm³/mol. The van der Waals surface area contributed by atoms with Crippen molar-refractivity contribution in [3.63, 3.8) is 0 Å². The number of carboxylic acid groups (broad SMARTS) is 2. The Kier molecular flexibility index (Phi) is 8.15. The fourth-order valence-corrected chi connectivity index (χ4v) is 1.35. The summed E-state index contributed by atoms with van der Waals surface area (Å²) in [6.07, 6.45) is -0.896. The highest BCUT2D eigenvalue weighted by Gasteiger charge is 2.23. The van der Waals surface area contributed by atoms with Gasteiger partial charge in [-0.3, -0.25) is 19.2 Å². The first kappa shape index (κ1) is 19.3. The summed E-state index contributed by atoms with van der Waals surface area (Å²) in [5.41, 5.74) is 10.3. The Balaban J connectivity index is 4.25. The molecule has 11 nitrogen and oxygen atoms in total. The maximum atomic E-state index is 11.5. The standard InChI is InChI=1S/C11H18N4O7/c12-5(1-2-7(13)16)10(20)14-4-8(17)15-6(11(21)22)3-9(18)19/h5-6H,1-4,12H2,(H2,13,16)(H,14,20)(H,15,17)(H,18,19)(H,21,22)/t5-,6-/m0/s1. The van der Waals surface area contributed by atoms with Gasteiger partial charge in [-0.05, 0) is 6.42 Å². The molecule has 124 valence electrons. The van der Waals surface area contributed by atoms with Crippen LogP contribution in [0.4, 0.5) is 0 Å². The Bertz CT molecular complexity index is 465. The summed E-state index contributed by atoms with van der Waals surface area (Å²) in [6.45, 7) is -0.577. The monoisotopic (exact) mass is 318 g/mol. The van der Waals surface area contributed by atoms with Crippen LogP contribution in [0.15, 0.2) is 0 Å². The molecule has 0 radical (unpaired) electrons. The van der Waals surface area contributed by atoms with Crippen LogP contribution in [0.3, 0.4) is 0 Å². The Labute approximate surface area is 125 Å². The lowest BCUT2D eigenvalue weighted by molar-refractivity contribution is -0.147. The summed E-state index contributed by atoms with van der Waals surface area (Å²) in [6, 6.07) is -2.65. The van der Waals surface area contributed by atoms with E-state index in [0.717, 1.165) is 0 Å². The lowest BCUT2D eigenvalue weighted by atomic mass is 10.1. The molecular weight excluding hydrogens is 300 g/mol. The van der Waals surface area contributed by atoms with E-state index in [-0.39, 0.29) is 12.8 Å². The number of hydrogen-bond acceptors (Lipinski definition) is 6. The summed E-state index contributed by atoms with van der Waals surface area (Å²) in [5.74, 6) is -5.14. The van der Waals surface area contributed by atoms with E-state index in [1.165, 1.54) is 0 Å². The lowest BCUT2D eigenvalue weighted by Crippen LogP contribution is -2.49. The van der Waals surface area contributed by atoms with E-state index in [1.807, 2.05) is 5.32 Å². The third-order valence-electron chi connectivity index (χ3n) is 2.47. The molecule has 0 aliphatic carbocycles. The number of rotatable bonds is 10. The van der Waals surface area contributed by atoms with Crippen molar-refractivity contribution in [2.75, 3.05) is 6.54 Å². The number of nitrogens with two attached hydrogens (primary N) is 2. The number of carbonyl (C=O) groups is 5. The van der Waals surface area contributed by atoms with Gasteiger partial charge in [0.2, 0.25) is 17.7 Å². The number of primary amides is 1. The molecule has 0 aromatic rings.